The Labute approximate surface area is 207 Å². The maximum Gasteiger partial charge on any atom is 0.239 e. The highest BCUT2D eigenvalue weighted by Gasteiger charge is 2.23. The molecule has 0 spiro atoms. The van der Waals surface area contributed by atoms with E-state index in [1.54, 1.807) is 0 Å². The first-order chi connectivity index (χ1) is 16.7. The third kappa shape index (κ3) is 11.9. The van der Waals surface area contributed by atoms with Crippen LogP contribution in [0.1, 0.15) is 63.0 Å². The predicted molar refractivity (Wildman–Crippen MR) is 134 cm³/mol. The lowest BCUT2D eigenvalue weighted by Gasteiger charge is -2.20. The number of rotatable bonds is 18. The SMILES string of the molecule is CCC(CCC(=O)NCCCCCC(=O)C(Cc1ccc(CN)cc1)NC(=O)C(N)CO)C(N)=O. The molecule has 0 aliphatic rings. The molecule has 9 N–H and O–H groups in total. The maximum absolute atomic E-state index is 12.8. The molecule has 1 aromatic carbocycles. The summed E-state index contributed by atoms with van der Waals surface area (Å²) in [4.78, 5) is 48.2. The van der Waals surface area contributed by atoms with E-state index in [0.29, 0.717) is 45.2 Å². The van der Waals surface area contributed by atoms with Crippen LogP contribution in [0.15, 0.2) is 24.3 Å². The third-order valence-electron chi connectivity index (χ3n) is 5.97. The molecular formula is C25H41N5O5. The second kappa shape index (κ2) is 16.7. The number of primary amides is 1. The Bertz CT molecular complexity index is 815. The number of carbonyl (C=O) groups is 4. The number of hydrogen-bond donors (Lipinski definition) is 6. The van der Waals surface area contributed by atoms with Gasteiger partial charge in [0.15, 0.2) is 5.78 Å². The lowest BCUT2D eigenvalue weighted by molar-refractivity contribution is -0.129. The molecule has 0 heterocycles. The van der Waals surface area contributed by atoms with Crippen LogP contribution in [0.5, 0.6) is 0 Å². The number of aliphatic hydroxyl groups excluding tert-OH is 1. The molecule has 0 bridgehead atoms. The van der Waals surface area contributed by atoms with Gasteiger partial charge in [-0.05, 0) is 43.2 Å². The molecule has 0 aliphatic heterocycles. The predicted octanol–water partition coefficient (Wildman–Crippen LogP) is 0.0296. The Morgan fingerprint density at radius 3 is 2.23 bits per heavy atom. The van der Waals surface area contributed by atoms with Crippen molar-refractivity contribution < 1.29 is 24.3 Å². The summed E-state index contributed by atoms with van der Waals surface area (Å²) in [6.45, 7) is 2.26. The second-order valence-electron chi connectivity index (χ2n) is 8.75. The zero-order chi connectivity index (χ0) is 26.2. The van der Waals surface area contributed by atoms with E-state index < -0.39 is 24.6 Å². The van der Waals surface area contributed by atoms with Gasteiger partial charge in [-0.15, -0.1) is 0 Å². The molecule has 3 unspecified atom stereocenters. The van der Waals surface area contributed by atoms with Crippen LogP contribution >= 0.6 is 0 Å². The average molecular weight is 492 g/mol. The van der Waals surface area contributed by atoms with Crippen LogP contribution in [0, 0.1) is 5.92 Å². The van der Waals surface area contributed by atoms with Gasteiger partial charge in [-0.1, -0.05) is 37.6 Å². The number of nitrogens with one attached hydrogen (secondary N) is 2. The Morgan fingerprint density at radius 1 is 1.00 bits per heavy atom. The van der Waals surface area contributed by atoms with Crippen LogP contribution in [0.3, 0.4) is 0 Å². The van der Waals surface area contributed by atoms with Crippen LogP contribution in [0.25, 0.3) is 0 Å². The van der Waals surface area contributed by atoms with Gasteiger partial charge in [0.25, 0.3) is 0 Å². The molecule has 1 aromatic rings. The molecule has 10 nitrogen and oxygen atoms in total. The van der Waals surface area contributed by atoms with Crippen LogP contribution in [-0.4, -0.2) is 53.8 Å². The van der Waals surface area contributed by atoms with Crippen LogP contribution < -0.4 is 27.8 Å². The highest BCUT2D eigenvalue weighted by atomic mass is 16.3. The van der Waals surface area contributed by atoms with E-state index in [-0.39, 0.29) is 36.4 Å². The first kappa shape index (κ1) is 30.2. The summed E-state index contributed by atoms with van der Waals surface area (Å²) in [6, 6.07) is 5.65. The zero-order valence-electron chi connectivity index (χ0n) is 20.6. The summed E-state index contributed by atoms with van der Waals surface area (Å²) in [5, 5.41) is 14.6. The van der Waals surface area contributed by atoms with Crippen LogP contribution in [0.2, 0.25) is 0 Å². The fraction of sp³-hybridized carbons (Fsp3) is 0.600. The monoisotopic (exact) mass is 491 g/mol. The van der Waals surface area contributed by atoms with E-state index in [1.807, 2.05) is 31.2 Å². The van der Waals surface area contributed by atoms with Gasteiger partial charge >= 0.3 is 0 Å². The maximum atomic E-state index is 12.8. The summed E-state index contributed by atoms with van der Waals surface area (Å²) in [5.74, 6) is -1.48. The molecule has 0 fully saturated rings. The van der Waals surface area contributed by atoms with Crippen molar-refractivity contribution in [2.75, 3.05) is 13.2 Å². The van der Waals surface area contributed by atoms with E-state index in [0.717, 1.165) is 17.5 Å². The molecule has 0 saturated carbocycles. The Balaban J connectivity index is 2.46. The number of aliphatic hydroxyl groups is 1. The van der Waals surface area contributed by atoms with Gasteiger partial charge in [0.1, 0.15) is 6.04 Å². The summed E-state index contributed by atoms with van der Waals surface area (Å²) >= 11 is 0. The van der Waals surface area contributed by atoms with Crippen molar-refractivity contribution in [3.05, 3.63) is 35.4 Å². The molecule has 0 aliphatic carbocycles. The van der Waals surface area contributed by atoms with Crippen molar-refractivity contribution in [2.45, 2.75) is 76.9 Å². The number of hydrogen-bond acceptors (Lipinski definition) is 7. The quantitative estimate of drug-likeness (QED) is 0.156. The lowest BCUT2D eigenvalue weighted by Crippen LogP contribution is -2.50. The largest absolute Gasteiger partial charge is 0.394 e. The minimum atomic E-state index is -1.09. The van der Waals surface area contributed by atoms with E-state index in [1.165, 1.54) is 0 Å². The smallest absolute Gasteiger partial charge is 0.239 e. The number of carbonyl (C=O) groups excluding carboxylic acids is 4. The first-order valence-corrected chi connectivity index (χ1v) is 12.2. The molecule has 3 atom stereocenters. The van der Waals surface area contributed by atoms with Gasteiger partial charge < -0.3 is 32.9 Å². The van der Waals surface area contributed by atoms with Crippen molar-refractivity contribution in [1.82, 2.24) is 10.6 Å². The number of unbranched alkanes of at least 4 members (excludes halogenated alkanes) is 2. The molecule has 0 radical (unpaired) electrons. The average Bonchev–Trinajstić information content (AvgIpc) is 2.85. The minimum Gasteiger partial charge on any atom is -0.394 e. The van der Waals surface area contributed by atoms with Crippen LogP contribution in [-0.2, 0) is 32.1 Å². The Morgan fingerprint density at radius 2 is 1.66 bits per heavy atom. The van der Waals surface area contributed by atoms with E-state index in [4.69, 9.17) is 22.3 Å². The molecule has 196 valence electrons. The van der Waals surface area contributed by atoms with Gasteiger partial charge in [-0.3, -0.25) is 19.2 Å². The van der Waals surface area contributed by atoms with Crippen molar-refractivity contribution in [1.29, 1.82) is 0 Å². The molecular weight excluding hydrogens is 450 g/mol. The van der Waals surface area contributed by atoms with Gasteiger partial charge in [0, 0.05) is 31.8 Å². The molecule has 10 heteroatoms. The minimum absolute atomic E-state index is 0.118. The van der Waals surface area contributed by atoms with Gasteiger partial charge in [-0.25, -0.2) is 0 Å². The van der Waals surface area contributed by atoms with Crippen molar-refractivity contribution in [3.63, 3.8) is 0 Å². The normalized spacial score (nSPS) is 13.5. The standard InChI is InChI=1S/C25H41N5O5/c1-2-19(24(28)34)11-12-23(33)29-13-5-3-4-6-22(32)21(30-25(35)20(27)16-31)14-17-7-9-18(15-26)10-8-17/h7-10,19-21,31H,2-6,11-16,26-27H2,1H3,(H2,28,34)(H,29,33)(H,30,35). The lowest BCUT2D eigenvalue weighted by atomic mass is 9.97. The molecule has 35 heavy (non-hydrogen) atoms. The fourth-order valence-corrected chi connectivity index (χ4v) is 3.60. The number of ketones is 1. The van der Waals surface area contributed by atoms with Crippen LogP contribution in [0.4, 0.5) is 0 Å². The van der Waals surface area contributed by atoms with Crippen molar-refractivity contribution in [2.24, 2.45) is 23.1 Å². The first-order valence-electron chi connectivity index (χ1n) is 12.2. The van der Waals surface area contributed by atoms with Gasteiger partial charge in [0.2, 0.25) is 17.7 Å². The van der Waals surface area contributed by atoms with Crippen molar-refractivity contribution in [3.8, 4) is 0 Å². The topological polar surface area (TPSA) is 191 Å². The zero-order valence-corrected chi connectivity index (χ0v) is 20.6. The second-order valence-corrected chi connectivity index (χ2v) is 8.75. The number of Topliss-reactive ketones (excluding diaryl/α,β-unsaturated/α-hetero) is 1. The van der Waals surface area contributed by atoms with Gasteiger partial charge in [-0.2, -0.15) is 0 Å². The van der Waals surface area contributed by atoms with E-state index in [2.05, 4.69) is 10.6 Å². The van der Waals surface area contributed by atoms with E-state index >= 15 is 0 Å². The number of nitrogens with two attached hydrogens (primary N) is 3. The summed E-state index contributed by atoms with van der Waals surface area (Å²) in [7, 11) is 0. The fourth-order valence-electron chi connectivity index (χ4n) is 3.60. The highest BCUT2D eigenvalue weighted by molar-refractivity contribution is 5.91. The van der Waals surface area contributed by atoms with Crippen molar-refractivity contribution >= 4 is 23.5 Å². The molecule has 0 saturated heterocycles. The third-order valence-corrected chi connectivity index (χ3v) is 5.97. The van der Waals surface area contributed by atoms with E-state index in [9.17, 15) is 19.2 Å². The Hall–Kier alpha value is -2.82. The number of benzene rings is 1. The highest BCUT2D eigenvalue weighted by Crippen LogP contribution is 2.12. The molecule has 3 amide bonds. The van der Waals surface area contributed by atoms with Gasteiger partial charge in [0.05, 0.1) is 12.6 Å². The molecule has 1 rings (SSSR count). The summed E-state index contributed by atoms with van der Waals surface area (Å²) in [6.07, 6.45) is 3.93. The summed E-state index contributed by atoms with van der Waals surface area (Å²) < 4.78 is 0. The number of amides is 3. The molecule has 0 aromatic heterocycles. The Kier molecular flexibility index (Phi) is 14.5. The summed E-state index contributed by atoms with van der Waals surface area (Å²) in [5.41, 5.74) is 18.4.